The normalized spacial score (nSPS) is 10.7. The molecule has 1 heterocycles. The molecule has 1 amide bonds. The molecular weight excluding hydrogens is 308 g/mol. The molecule has 23 heavy (non-hydrogen) atoms. The quantitative estimate of drug-likeness (QED) is 0.724. The molecule has 0 saturated heterocycles. The predicted molar refractivity (Wildman–Crippen MR) is 93.4 cm³/mol. The lowest BCUT2D eigenvalue weighted by Gasteiger charge is -2.18. The van der Waals surface area contributed by atoms with Crippen LogP contribution in [0.4, 0.5) is 0 Å². The minimum atomic E-state index is 0.0445. The van der Waals surface area contributed by atoms with Crippen molar-refractivity contribution in [3.05, 3.63) is 76.9 Å². The topological polar surface area (TPSA) is 33.2 Å². The van der Waals surface area contributed by atoms with E-state index in [2.05, 4.69) is 4.98 Å². The SMILES string of the molecule is CN(Cc1ccccc1Cl)C(=O)Cc1cccc2cccnc12. The van der Waals surface area contributed by atoms with Crippen LogP contribution in [-0.4, -0.2) is 22.8 Å². The van der Waals surface area contributed by atoms with Gasteiger partial charge in [-0.3, -0.25) is 9.78 Å². The summed E-state index contributed by atoms with van der Waals surface area (Å²) < 4.78 is 0. The molecule has 0 aliphatic rings. The second-order valence-electron chi connectivity index (χ2n) is 5.51. The number of rotatable bonds is 4. The molecule has 2 aromatic carbocycles. The minimum absolute atomic E-state index is 0.0445. The second-order valence-corrected chi connectivity index (χ2v) is 5.92. The van der Waals surface area contributed by atoms with E-state index in [1.165, 1.54) is 0 Å². The smallest absolute Gasteiger partial charge is 0.227 e. The van der Waals surface area contributed by atoms with E-state index >= 15 is 0 Å². The van der Waals surface area contributed by atoms with Crippen LogP contribution >= 0.6 is 11.6 Å². The largest absolute Gasteiger partial charge is 0.341 e. The van der Waals surface area contributed by atoms with Crippen molar-refractivity contribution in [1.82, 2.24) is 9.88 Å². The lowest BCUT2D eigenvalue weighted by molar-refractivity contribution is -0.129. The van der Waals surface area contributed by atoms with Gasteiger partial charge in [0.15, 0.2) is 0 Å². The molecule has 116 valence electrons. The number of fused-ring (bicyclic) bond motifs is 1. The summed E-state index contributed by atoms with van der Waals surface area (Å²) in [7, 11) is 1.80. The third-order valence-electron chi connectivity index (χ3n) is 3.85. The molecule has 0 aliphatic carbocycles. The Morgan fingerprint density at radius 1 is 1.04 bits per heavy atom. The van der Waals surface area contributed by atoms with Gasteiger partial charge in [0, 0.05) is 30.2 Å². The van der Waals surface area contributed by atoms with E-state index in [0.29, 0.717) is 18.0 Å². The molecular formula is C19H17ClN2O. The predicted octanol–water partition coefficient (Wildman–Crippen LogP) is 4.09. The number of nitrogens with zero attached hydrogens (tertiary/aromatic N) is 2. The van der Waals surface area contributed by atoms with Crippen molar-refractivity contribution < 1.29 is 4.79 Å². The van der Waals surface area contributed by atoms with Crippen LogP contribution < -0.4 is 0 Å². The van der Waals surface area contributed by atoms with E-state index in [9.17, 15) is 4.79 Å². The molecule has 0 aliphatic heterocycles. The van der Waals surface area contributed by atoms with Crippen molar-refractivity contribution in [2.24, 2.45) is 0 Å². The fourth-order valence-corrected chi connectivity index (χ4v) is 2.77. The first-order chi connectivity index (χ1) is 11.1. The number of para-hydroxylation sites is 1. The van der Waals surface area contributed by atoms with E-state index in [1.807, 2.05) is 54.6 Å². The summed E-state index contributed by atoms with van der Waals surface area (Å²) in [4.78, 5) is 18.6. The zero-order chi connectivity index (χ0) is 16.2. The molecule has 0 N–H and O–H groups in total. The molecule has 0 saturated carbocycles. The summed E-state index contributed by atoms with van der Waals surface area (Å²) in [6.07, 6.45) is 2.08. The highest BCUT2D eigenvalue weighted by molar-refractivity contribution is 6.31. The number of hydrogen-bond acceptors (Lipinski definition) is 2. The number of aromatic nitrogens is 1. The highest BCUT2D eigenvalue weighted by Crippen LogP contribution is 2.19. The molecule has 0 bridgehead atoms. The van der Waals surface area contributed by atoms with Gasteiger partial charge < -0.3 is 4.90 Å². The lowest BCUT2D eigenvalue weighted by atomic mass is 10.1. The highest BCUT2D eigenvalue weighted by atomic mass is 35.5. The Morgan fingerprint density at radius 3 is 2.61 bits per heavy atom. The summed E-state index contributed by atoms with van der Waals surface area (Å²) in [5.41, 5.74) is 2.77. The van der Waals surface area contributed by atoms with Gasteiger partial charge in [0.05, 0.1) is 11.9 Å². The van der Waals surface area contributed by atoms with Gasteiger partial charge in [-0.15, -0.1) is 0 Å². The lowest BCUT2D eigenvalue weighted by Crippen LogP contribution is -2.27. The van der Waals surface area contributed by atoms with Crippen molar-refractivity contribution >= 4 is 28.4 Å². The van der Waals surface area contributed by atoms with Crippen molar-refractivity contribution in [1.29, 1.82) is 0 Å². The van der Waals surface area contributed by atoms with Gasteiger partial charge >= 0.3 is 0 Å². The number of benzene rings is 2. The Kier molecular flexibility index (Phi) is 4.58. The molecule has 3 rings (SSSR count). The van der Waals surface area contributed by atoms with Gasteiger partial charge in [-0.25, -0.2) is 0 Å². The van der Waals surface area contributed by atoms with E-state index in [1.54, 1.807) is 18.1 Å². The van der Waals surface area contributed by atoms with Gasteiger partial charge in [-0.2, -0.15) is 0 Å². The Morgan fingerprint density at radius 2 is 1.78 bits per heavy atom. The van der Waals surface area contributed by atoms with Gasteiger partial charge in [-0.1, -0.05) is 54.1 Å². The number of likely N-dealkylation sites (N-methyl/N-ethyl adjacent to an activating group) is 1. The van der Waals surface area contributed by atoms with Gasteiger partial charge in [-0.05, 0) is 23.3 Å². The maximum atomic E-state index is 12.5. The Bertz CT molecular complexity index is 842. The number of carbonyl (C=O) groups excluding carboxylic acids is 1. The third kappa shape index (κ3) is 3.51. The van der Waals surface area contributed by atoms with Crippen LogP contribution in [0.3, 0.4) is 0 Å². The molecule has 0 radical (unpaired) electrons. The molecule has 3 nitrogen and oxygen atoms in total. The van der Waals surface area contributed by atoms with Gasteiger partial charge in [0.2, 0.25) is 5.91 Å². The monoisotopic (exact) mass is 324 g/mol. The maximum absolute atomic E-state index is 12.5. The Hall–Kier alpha value is -2.39. The van der Waals surface area contributed by atoms with Crippen LogP contribution in [0.15, 0.2) is 60.8 Å². The zero-order valence-electron chi connectivity index (χ0n) is 12.9. The standard InChI is InChI=1S/C19H17ClN2O/c1-22(13-16-6-2-3-10-17(16)20)18(23)12-15-8-4-7-14-9-5-11-21-19(14)15/h2-11H,12-13H2,1H3. The molecule has 0 fully saturated rings. The molecule has 0 spiro atoms. The fourth-order valence-electron chi connectivity index (χ4n) is 2.58. The molecule has 0 unspecified atom stereocenters. The third-order valence-corrected chi connectivity index (χ3v) is 4.22. The van der Waals surface area contributed by atoms with Crippen LogP contribution in [0.2, 0.25) is 5.02 Å². The molecule has 1 aromatic heterocycles. The maximum Gasteiger partial charge on any atom is 0.227 e. The second kappa shape index (κ2) is 6.80. The van der Waals surface area contributed by atoms with Crippen LogP contribution in [0, 0.1) is 0 Å². The van der Waals surface area contributed by atoms with E-state index < -0.39 is 0 Å². The van der Waals surface area contributed by atoms with Crippen LogP contribution in [0.5, 0.6) is 0 Å². The zero-order valence-corrected chi connectivity index (χ0v) is 13.6. The fraction of sp³-hybridized carbons (Fsp3) is 0.158. The Balaban J connectivity index is 1.77. The van der Waals surface area contributed by atoms with Crippen molar-refractivity contribution in [2.45, 2.75) is 13.0 Å². The Labute approximate surface area is 140 Å². The minimum Gasteiger partial charge on any atom is -0.341 e. The van der Waals surface area contributed by atoms with Gasteiger partial charge in [0.1, 0.15) is 0 Å². The first kappa shape index (κ1) is 15.5. The van der Waals surface area contributed by atoms with Crippen molar-refractivity contribution in [3.63, 3.8) is 0 Å². The van der Waals surface area contributed by atoms with Crippen LogP contribution in [-0.2, 0) is 17.8 Å². The summed E-state index contributed by atoms with van der Waals surface area (Å²) >= 11 is 6.16. The molecule has 4 heteroatoms. The summed E-state index contributed by atoms with van der Waals surface area (Å²) in [6.45, 7) is 0.497. The first-order valence-electron chi connectivity index (χ1n) is 7.45. The number of hydrogen-bond donors (Lipinski definition) is 0. The van der Waals surface area contributed by atoms with Crippen LogP contribution in [0.1, 0.15) is 11.1 Å². The van der Waals surface area contributed by atoms with E-state index in [0.717, 1.165) is 22.0 Å². The van der Waals surface area contributed by atoms with Crippen molar-refractivity contribution in [2.75, 3.05) is 7.05 Å². The number of carbonyl (C=O) groups is 1. The van der Waals surface area contributed by atoms with Gasteiger partial charge in [0.25, 0.3) is 0 Å². The summed E-state index contributed by atoms with van der Waals surface area (Å²) in [5.74, 6) is 0.0445. The molecule has 0 atom stereocenters. The molecule has 3 aromatic rings. The number of amides is 1. The average Bonchev–Trinajstić information content (AvgIpc) is 2.57. The highest BCUT2D eigenvalue weighted by Gasteiger charge is 2.13. The number of pyridine rings is 1. The van der Waals surface area contributed by atoms with E-state index in [4.69, 9.17) is 11.6 Å². The summed E-state index contributed by atoms with van der Waals surface area (Å²) in [6, 6.07) is 17.4. The average molecular weight is 325 g/mol. The summed E-state index contributed by atoms with van der Waals surface area (Å²) in [5, 5.41) is 1.73. The van der Waals surface area contributed by atoms with E-state index in [-0.39, 0.29) is 5.91 Å². The van der Waals surface area contributed by atoms with Crippen molar-refractivity contribution in [3.8, 4) is 0 Å². The first-order valence-corrected chi connectivity index (χ1v) is 7.83. The number of halogens is 1. The van der Waals surface area contributed by atoms with Crippen LogP contribution in [0.25, 0.3) is 10.9 Å².